The van der Waals surface area contributed by atoms with Gasteiger partial charge in [0, 0.05) is 11.9 Å². The third-order valence-corrected chi connectivity index (χ3v) is 2.26. The number of aliphatic hydroxyl groups excluding tert-OH is 1. The summed E-state index contributed by atoms with van der Waals surface area (Å²) in [6.45, 7) is 0.786. The van der Waals surface area contributed by atoms with Crippen LogP contribution in [-0.2, 0) is 4.79 Å². The van der Waals surface area contributed by atoms with E-state index in [0.717, 1.165) is 19.1 Å². The molecule has 0 bridgehead atoms. The van der Waals surface area contributed by atoms with Crippen molar-refractivity contribution in [3.8, 4) is 5.75 Å². The van der Waals surface area contributed by atoms with E-state index in [1.54, 1.807) is 0 Å². The fraction of sp³-hybridized carbons (Fsp3) is 0.182. The first-order chi connectivity index (χ1) is 9.12. The smallest absolute Gasteiger partial charge is 0.451 e. The Morgan fingerprint density at radius 1 is 1.35 bits per heavy atom. The second-order valence-corrected chi connectivity index (χ2v) is 4.02. The molecular formula is C11H8ClF3N2O3. The standard InChI is InChI=1S/C11H8ClF3N2O3/c1-5(18)9(10(20)11(13,14)15)17-16-7-4-6(12)2-3-8(7)19/h2-4,19-20H,1H3. The van der Waals surface area contributed by atoms with Crippen LogP contribution in [0.4, 0.5) is 18.9 Å². The number of halogens is 4. The monoisotopic (exact) mass is 308 g/mol. The van der Waals surface area contributed by atoms with Gasteiger partial charge in [0.05, 0.1) is 0 Å². The average molecular weight is 309 g/mol. The van der Waals surface area contributed by atoms with Crippen molar-refractivity contribution in [2.45, 2.75) is 13.1 Å². The second kappa shape index (κ2) is 5.91. The van der Waals surface area contributed by atoms with E-state index < -0.39 is 29.2 Å². The van der Waals surface area contributed by atoms with Gasteiger partial charge in [-0.1, -0.05) is 11.6 Å². The average Bonchev–Trinajstić information content (AvgIpc) is 2.31. The van der Waals surface area contributed by atoms with Crippen molar-refractivity contribution in [1.82, 2.24) is 0 Å². The Labute approximate surface area is 116 Å². The number of nitrogens with zero attached hydrogens (tertiary/aromatic N) is 2. The van der Waals surface area contributed by atoms with Crippen LogP contribution in [-0.4, -0.2) is 22.2 Å². The third-order valence-electron chi connectivity index (χ3n) is 2.02. The summed E-state index contributed by atoms with van der Waals surface area (Å²) < 4.78 is 36.9. The van der Waals surface area contributed by atoms with Gasteiger partial charge in [0.15, 0.2) is 11.5 Å². The lowest BCUT2D eigenvalue weighted by Crippen LogP contribution is -2.16. The number of allylic oxidation sites excluding steroid dienone is 2. The predicted octanol–water partition coefficient (Wildman–Crippen LogP) is 4.05. The summed E-state index contributed by atoms with van der Waals surface area (Å²) in [6.07, 6.45) is -5.13. The fourth-order valence-electron chi connectivity index (χ4n) is 1.10. The number of phenolic OH excluding ortho intramolecular Hbond substituents is 1. The number of Topliss-reactive ketones (excluding diaryl/α,β-unsaturated/α-hetero) is 1. The number of alkyl halides is 3. The Bertz CT molecular complexity index is 597. The van der Waals surface area contributed by atoms with E-state index >= 15 is 0 Å². The SMILES string of the molecule is CC(=O)C(N=Nc1cc(Cl)ccc1O)=C(O)C(F)(F)F. The minimum Gasteiger partial charge on any atom is -0.506 e. The first-order valence-corrected chi connectivity index (χ1v) is 5.42. The molecule has 0 aromatic heterocycles. The Morgan fingerprint density at radius 3 is 2.45 bits per heavy atom. The molecule has 2 N–H and O–H groups in total. The van der Waals surface area contributed by atoms with Crippen molar-refractivity contribution < 1.29 is 28.2 Å². The number of aliphatic hydroxyl groups is 1. The second-order valence-electron chi connectivity index (χ2n) is 3.58. The lowest BCUT2D eigenvalue weighted by atomic mass is 10.2. The molecule has 1 aromatic rings. The van der Waals surface area contributed by atoms with E-state index in [1.807, 2.05) is 0 Å². The van der Waals surface area contributed by atoms with Crippen molar-refractivity contribution in [2.24, 2.45) is 10.2 Å². The normalized spacial score (nSPS) is 13.4. The van der Waals surface area contributed by atoms with Gasteiger partial charge in [-0.3, -0.25) is 4.79 Å². The number of rotatable bonds is 3. The lowest BCUT2D eigenvalue weighted by Gasteiger charge is -2.06. The highest BCUT2D eigenvalue weighted by molar-refractivity contribution is 6.30. The number of ketones is 1. The van der Waals surface area contributed by atoms with Crippen LogP contribution in [0.15, 0.2) is 39.9 Å². The van der Waals surface area contributed by atoms with Gasteiger partial charge >= 0.3 is 6.18 Å². The van der Waals surface area contributed by atoms with Gasteiger partial charge in [0.1, 0.15) is 11.4 Å². The zero-order valence-electron chi connectivity index (χ0n) is 9.94. The maximum atomic E-state index is 12.3. The summed E-state index contributed by atoms with van der Waals surface area (Å²) in [7, 11) is 0. The Kier molecular flexibility index (Phi) is 4.72. The van der Waals surface area contributed by atoms with Crippen molar-refractivity contribution in [3.63, 3.8) is 0 Å². The number of carbonyl (C=O) groups excluding carboxylic acids is 1. The van der Waals surface area contributed by atoms with Gasteiger partial charge in [-0.15, -0.1) is 10.2 Å². The first-order valence-electron chi connectivity index (χ1n) is 5.04. The van der Waals surface area contributed by atoms with E-state index in [2.05, 4.69) is 10.2 Å². The molecule has 108 valence electrons. The third kappa shape index (κ3) is 3.95. The molecule has 0 unspecified atom stereocenters. The van der Waals surface area contributed by atoms with E-state index in [9.17, 15) is 23.1 Å². The number of carbonyl (C=O) groups is 1. The van der Waals surface area contributed by atoms with Gasteiger partial charge in [-0.25, -0.2) is 0 Å². The fourth-order valence-corrected chi connectivity index (χ4v) is 1.27. The molecule has 0 aliphatic carbocycles. The minimum atomic E-state index is -5.13. The molecule has 0 saturated heterocycles. The molecule has 20 heavy (non-hydrogen) atoms. The molecule has 0 aliphatic heterocycles. The minimum absolute atomic E-state index is 0.158. The summed E-state index contributed by atoms with van der Waals surface area (Å²) in [6, 6.07) is 3.60. The molecule has 0 amide bonds. The highest BCUT2D eigenvalue weighted by Gasteiger charge is 2.38. The molecule has 5 nitrogen and oxygen atoms in total. The summed E-state index contributed by atoms with van der Waals surface area (Å²) in [5, 5.41) is 24.8. The topological polar surface area (TPSA) is 82.2 Å². The van der Waals surface area contributed by atoms with E-state index in [0.29, 0.717) is 0 Å². The van der Waals surface area contributed by atoms with Crippen molar-refractivity contribution in [1.29, 1.82) is 0 Å². The molecule has 1 rings (SSSR count). The van der Waals surface area contributed by atoms with Crippen molar-refractivity contribution in [2.75, 3.05) is 0 Å². The van der Waals surface area contributed by atoms with E-state index in [4.69, 9.17) is 16.7 Å². The largest absolute Gasteiger partial charge is 0.506 e. The number of hydrogen-bond acceptors (Lipinski definition) is 5. The molecule has 0 fully saturated rings. The van der Waals surface area contributed by atoms with Crippen LogP contribution in [0.25, 0.3) is 0 Å². The molecule has 0 atom stereocenters. The molecule has 9 heteroatoms. The van der Waals surface area contributed by atoms with Crippen LogP contribution < -0.4 is 0 Å². The zero-order valence-corrected chi connectivity index (χ0v) is 10.7. The molecule has 1 aromatic carbocycles. The molecule has 0 radical (unpaired) electrons. The van der Waals surface area contributed by atoms with Gasteiger partial charge in [-0.2, -0.15) is 13.2 Å². The van der Waals surface area contributed by atoms with Crippen molar-refractivity contribution in [3.05, 3.63) is 34.7 Å². The van der Waals surface area contributed by atoms with Crippen LogP contribution >= 0.6 is 11.6 Å². The van der Waals surface area contributed by atoms with E-state index in [1.165, 1.54) is 6.07 Å². The quantitative estimate of drug-likeness (QED) is 0.502. The van der Waals surface area contributed by atoms with Crippen molar-refractivity contribution >= 4 is 23.1 Å². The molecule has 0 saturated carbocycles. The number of azo groups is 1. The Balaban J connectivity index is 3.25. The first kappa shape index (κ1) is 16.0. The Morgan fingerprint density at radius 2 is 1.95 bits per heavy atom. The number of benzene rings is 1. The molecule has 0 spiro atoms. The Hall–Kier alpha value is -2.09. The lowest BCUT2D eigenvalue weighted by molar-refractivity contribution is -0.126. The summed E-state index contributed by atoms with van der Waals surface area (Å²) in [5.41, 5.74) is -1.51. The van der Waals surface area contributed by atoms with Crippen LogP contribution in [0.3, 0.4) is 0 Å². The molecule has 0 heterocycles. The van der Waals surface area contributed by atoms with Gasteiger partial charge in [-0.05, 0) is 18.2 Å². The summed E-state index contributed by atoms with van der Waals surface area (Å²) in [5.74, 6) is -3.69. The number of hydrogen-bond donors (Lipinski definition) is 2. The summed E-state index contributed by atoms with van der Waals surface area (Å²) >= 11 is 5.61. The van der Waals surface area contributed by atoms with Crippen LogP contribution in [0.1, 0.15) is 6.92 Å². The maximum absolute atomic E-state index is 12.3. The van der Waals surface area contributed by atoms with Gasteiger partial charge in [0.2, 0.25) is 5.76 Å². The highest BCUT2D eigenvalue weighted by Crippen LogP contribution is 2.31. The van der Waals surface area contributed by atoms with E-state index in [-0.39, 0.29) is 10.7 Å². The zero-order chi connectivity index (χ0) is 15.5. The van der Waals surface area contributed by atoms with Crippen LogP contribution in [0.2, 0.25) is 5.02 Å². The number of phenols is 1. The van der Waals surface area contributed by atoms with Crippen LogP contribution in [0, 0.1) is 0 Å². The highest BCUT2D eigenvalue weighted by atomic mass is 35.5. The number of aromatic hydroxyl groups is 1. The molecular weight excluding hydrogens is 301 g/mol. The maximum Gasteiger partial charge on any atom is 0.451 e. The van der Waals surface area contributed by atoms with Gasteiger partial charge in [0.25, 0.3) is 0 Å². The predicted molar refractivity (Wildman–Crippen MR) is 64.0 cm³/mol. The van der Waals surface area contributed by atoms with Crippen LogP contribution in [0.5, 0.6) is 5.75 Å². The molecule has 0 aliphatic rings. The summed E-state index contributed by atoms with van der Waals surface area (Å²) in [4.78, 5) is 11.0. The van der Waals surface area contributed by atoms with Gasteiger partial charge < -0.3 is 10.2 Å².